The van der Waals surface area contributed by atoms with Crippen LogP contribution < -0.4 is 0 Å². The first-order valence-electron chi connectivity index (χ1n) is 10.4. The summed E-state index contributed by atoms with van der Waals surface area (Å²) in [6.45, 7) is 7.34. The Hall–Kier alpha value is -2.99. The Morgan fingerprint density at radius 2 is 1.90 bits per heavy atom. The van der Waals surface area contributed by atoms with Gasteiger partial charge in [-0.3, -0.25) is 9.69 Å². The van der Waals surface area contributed by atoms with Crippen molar-refractivity contribution in [3.05, 3.63) is 82.4 Å². The molecule has 30 heavy (non-hydrogen) atoms. The zero-order valence-electron chi connectivity index (χ0n) is 17.7. The van der Waals surface area contributed by atoms with Crippen molar-refractivity contribution in [2.45, 2.75) is 33.4 Å². The molecule has 0 atom stereocenters. The average Bonchev–Trinajstić information content (AvgIpc) is 3.11. The van der Waals surface area contributed by atoms with Gasteiger partial charge in [0.1, 0.15) is 5.82 Å². The zero-order chi connectivity index (χ0) is 21.3. The number of nitrogens with zero attached hydrogens (tertiary/aromatic N) is 4. The summed E-state index contributed by atoms with van der Waals surface area (Å²) in [7, 11) is 1.70. The molecule has 1 aliphatic heterocycles. The largest absolute Gasteiger partial charge is 0.336 e. The molecule has 5 nitrogen and oxygen atoms in total. The first-order valence-corrected chi connectivity index (χ1v) is 10.4. The van der Waals surface area contributed by atoms with Crippen LogP contribution in [0, 0.1) is 12.7 Å². The lowest BCUT2D eigenvalue weighted by Gasteiger charge is -2.27. The summed E-state index contributed by atoms with van der Waals surface area (Å²) in [6, 6.07) is 14.4. The van der Waals surface area contributed by atoms with E-state index >= 15 is 0 Å². The van der Waals surface area contributed by atoms with E-state index in [1.807, 2.05) is 4.68 Å². The van der Waals surface area contributed by atoms with Gasteiger partial charge < -0.3 is 4.90 Å². The molecule has 0 saturated heterocycles. The lowest BCUT2D eigenvalue weighted by molar-refractivity contribution is 0.0778. The molecule has 0 saturated carbocycles. The van der Waals surface area contributed by atoms with E-state index in [4.69, 9.17) is 5.10 Å². The molecule has 0 radical (unpaired) electrons. The molecule has 0 aliphatic carbocycles. The summed E-state index contributed by atoms with van der Waals surface area (Å²) >= 11 is 0. The molecule has 4 rings (SSSR count). The van der Waals surface area contributed by atoms with Crippen molar-refractivity contribution in [3.8, 4) is 5.69 Å². The standard InChI is InChI=1S/C24H27FN4O/c1-4-28-14-13-23-20(15-28)22(26-29(23)18-11-9-17(2)10-12-18)16-27(3)24(30)19-7-5-6-8-21(19)25/h5-12H,4,13-16H2,1-3H3. The fraction of sp³-hybridized carbons (Fsp3) is 0.333. The van der Waals surface area contributed by atoms with Gasteiger partial charge in [0.05, 0.1) is 29.2 Å². The number of aromatic nitrogens is 2. The van der Waals surface area contributed by atoms with Crippen molar-refractivity contribution in [1.29, 1.82) is 0 Å². The quantitative estimate of drug-likeness (QED) is 0.644. The third-order valence-corrected chi connectivity index (χ3v) is 5.78. The molecule has 2 aromatic carbocycles. The van der Waals surface area contributed by atoms with E-state index in [1.54, 1.807) is 24.1 Å². The topological polar surface area (TPSA) is 41.4 Å². The lowest BCUT2D eigenvalue weighted by Crippen LogP contribution is -2.32. The van der Waals surface area contributed by atoms with Gasteiger partial charge in [-0.05, 0) is 37.7 Å². The van der Waals surface area contributed by atoms with Crippen LogP contribution in [0.1, 0.15) is 39.8 Å². The van der Waals surface area contributed by atoms with Gasteiger partial charge in [-0.15, -0.1) is 0 Å². The highest BCUT2D eigenvalue weighted by molar-refractivity contribution is 5.94. The van der Waals surface area contributed by atoms with Crippen LogP contribution >= 0.6 is 0 Å². The predicted octanol–water partition coefficient (Wildman–Crippen LogP) is 3.97. The fourth-order valence-electron chi connectivity index (χ4n) is 3.98. The van der Waals surface area contributed by atoms with Crippen LogP contribution in [0.5, 0.6) is 0 Å². The van der Waals surface area contributed by atoms with Gasteiger partial charge in [0.25, 0.3) is 5.91 Å². The Balaban J connectivity index is 1.68. The predicted molar refractivity (Wildman–Crippen MR) is 115 cm³/mol. The highest BCUT2D eigenvalue weighted by Gasteiger charge is 2.26. The van der Waals surface area contributed by atoms with E-state index in [-0.39, 0.29) is 11.5 Å². The van der Waals surface area contributed by atoms with Crippen LogP contribution in [-0.4, -0.2) is 45.6 Å². The number of halogens is 1. The average molecular weight is 407 g/mol. The van der Waals surface area contributed by atoms with Crippen molar-refractivity contribution in [2.75, 3.05) is 20.1 Å². The molecule has 0 spiro atoms. The minimum atomic E-state index is -0.501. The minimum absolute atomic E-state index is 0.0852. The first-order chi connectivity index (χ1) is 14.5. The number of rotatable bonds is 5. The summed E-state index contributed by atoms with van der Waals surface area (Å²) in [5, 5.41) is 4.90. The van der Waals surface area contributed by atoms with E-state index < -0.39 is 5.82 Å². The number of benzene rings is 2. The molecule has 0 fully saturated rings. The lowest BCUT2D eigenvalue weighted by atomic mass is 10.0. The molecule has 1 aromatic heterocycles. The number of amides is 1. The first kappa shape index (κ1) is 20.3. The molecule has 156 valence electrons. The van der Waals surface area contributed by atoms with Crippen molar-refractivity contribution in [2.24, 2.45) is 0 Å². The maximum Gasteiger partial charge on any atom is 0.256 e. The molecule has 1 aliphatic rings. The van der Waals surface area contributed by atoms with Crippen LogP contribution in [0.25, 0.3) is 5.69 Å². The van der Waals surface area contributed by atoms with Gasteiger partial charge in [-0.1, -0.05) is 36.8 Å². The normalized spacial score (nSPS) is 13.9. The molecular formula is C24H27FN4O. The molecular weight excluding hydrogens is 379 g/mol. The molecule has 1 amide bonds. The number of aryl methyl sites for hydroxylation is 1. The Morgan fingerprint density at radius 1 is 1.17 bits per heavy atom. The van der Waals surface area contributed by atoms with Gasteiger partial charge in [-0.25, -0.2) is 9.07 Å². The number of hydrogen-bond donors (Lipinski definition) is 0. The summed E-state index contributed by atoms with van der Waals surface area (Å²) in [6.07, 6.45) is 0.912. The van der Waals surface area contributed by atoms with Crippen LogP contribution in [0.2, 0.25) is 0 Å². The summed E-state index contributed by atoms with van der Waals surface area (Å²) in [5.41, 5.74) is 5.56. The van der Waals surface area contributed by atoms with E-state index in [9.17, 15) is 9.18 Å². The van der Waals surface area contributed by atoms with Gasteiger partial charge in [0.15, 0.2) is 0 Å². The van der Waals surface area contributed by atoms with Gasteiger partial charge in [0.2, 0.25) is 0 Å². The third kappa shape index (κ3) is 3.87. The number of carbonyl (C=O) groups is 1. The Labute approximate surface area is 176 Å². The van der Waals surface area contributed by atoms with E-state index in [1.165, 1.54) is 29.0 Å². The summed E-state index contributed by atoms with van der Waals surface area (Å²) in [4.78, 5) is 16.7. The SMILES string of the molecule is CCN1CCc2c(c(CN(C)C(=O)c3ccccc3F)nn2-c2ccc(C)cc2)C1. The van der Waals surface area contributed by atoms with Crippen molar-refractivity contribution in [1.82, 2.24) is 19.6 Å². The Morgan fingerprint density at radius 3 is 2.60 bits per heavy atom. The zero-order valence-corrected chi connectivity index (χ0v) is 17.7. The highest BCUT2D eigenvalue weighted by atomic mass is 19.1. The second-order valence-corrected chi connectivity index (χ2v) is 7.88. The molecule has 0 bridgehead atoms. The Kier molecular flexibility index (Phi) is 5.68. The Bertz CT molecular complexity index is 1060. The number of likely N-dealkylation sites (N-methyl/N-ethyl adjacent to an activating group) is 1. The third-order valence-electron chi connectivity index (χ3n) is 5.78. The molecule has 6 heteroatoms. The van der Waals surface area contributed by atoms with Crippen LogP contribution in [0.4, 0.5) is 4.39 Å². The number of carbonyl (C=O) groups excluding carboxylic acids is 1. The van der Waals surface area contributed by atoms with Crippen LogP contribution in [0.3, 0.4) is 0 Å². The van der Waals surface area contributed by atoms with E-state index in [0.717, 1.165) is 37.4 Å². The fourth-order valence-corrected chi connectivity index (χ4v) is 3.98. The molecule has 3 aromatic rings. The number of fused-ring (bicyclic) bond motifs is 1. The second kappa shape index (κ2) is 8.40. The monoisotopic (exact) mass is 406 g/mol. The van der Waals surface area contributed by atoms with E-state index in [0.29, 0.717) is 6.54 Å². The summed E-state index contributed by atoms with van der Waals surface area (Å²) in [5.74, 6) is -0.839. The smallest absolute Gasteiger partial charge is 0.256 e. The minimum Gasteiger partial charge on any atom is -0.336 e. The maximum atomic E-state index is 14.1. The van der Waals surface area contributed by atoms with Gasteiger partial charge in [-0.2, -0.15) is 5.10 Å². The van der Waals surface area contributed by atoms with Crippen LogP contribution in [0.15, 0.2) is 48.5 Å². The number of hydrogen-bond acceptors (Lipinski definition) is 3. The molecule has 0 N–H and O–H groups in total. The molecule has 2 heterocycles. The van der Waals surface area contributed by atoms with Crippen molar-refractivity contribution < 1.29 is 9.18 Å². The highest BCUT2D eigenvalue weighted by Crippen LogP contribution is 2.26. The summed E-state index contributed by atoms with van der Waals surface area (Å²) < 4.78 is 16.1. The van der Waals surface area contributed by atoms with E-state index in [2.05, 4.69) is 43.0 Å². The maximum absolute atomic E-state index is 14.1. The second-order valence-electron chi connectivity index (χ2n) is 7.88. The van der Waals surface area contributed by atoms with Gasteiger partial charge in [0, 0.05) is 32.1 Å². The van der Waals surface area contributed by atoms with Gasteiger partial charge >= 0.3 is 0 Å². The van der Waals surface area contributed by atoms with Crippen molar-refractivity contribution in [3.63, 3.8) is 0 Å². The van der Waals surface area contributed by atoms with Crippen molar-refractivity contribution >= 4 is 5.91 Å². The van der Waals surface area contributed by atoms with Crippen LogP contribution in [-0.2, 0) is 19.5 Å². The molecule has 0 unspecified atom stereocenters.